The molecule has 0 radical (unpaired) electrons. The molecule has 1 amide bonds. The molecule has 0 saturated carbocycles. The molecule has 40 heavy (non-hydrogen) atoms. The van der Waals surface area contributed by atoms with E-state index < -0.39 is 15.7 Å². The Hall–Kier alpha value is -3.76. The van der Waals surface area contributed by atoms with Crippen LogP contribution in [0.5, 0.6) is 5.75 Å². The average molecular weight is 565 g/mol. The Labute approximate surface area is 233 Å². The number of rotatable bonds is 7. The fourth-order valence-electron chi connectivity index (χ4n) is 5.01. The van der Waals surface area contributed by atoms with Gasteiger partial charge in [0.1, 0.15) is 28.9 Å². The number of fused-ring (bicyclic) bond motifs is 2. The lowest BCUT2D eigenvalue weighted by Gasteiger charge is -2.22. The summed E-state index contributed by atoms with van der Waals surface area (Å²) in [4.78, 5) is 23.0. The molecular weight excluding hydrogens is 531 g/mol. The third-order valence-corrected chi connectivity index (χ3v) is 9.26. The van der Waals surface area contributed by atoms with Crippen molar-refractivity contribution in [2.24, 2.45) is 0 Å². The second-order valence-corrected chi connectivity index (χ2v) is 12.2. The minimum atomic E-state index is -3.75. The van der Waals surface area contributed by atoms with Gasteiger partial charge in [0.05, 0.1) is 29.4 Å². The Bertz CT molecular complexity index is 1700. The summed E-state index contributed by atoms with van der Waals surface area (Å²) in [5.74, 6) is 0.140. The lowest BCUT2D eigenvalue weighted by molar-refractivity contribution is 0.0731. The lowest BCUT2D eigenvalue weighted by atomic mass is 10.0. The van der Waals surface area contributed by atoms with Gasteiger partial charge in [-0.15, -0.1) is 0 Å². The Kier molecular flexibility index (Phi) is 7.65. The van der Waals surface area contributed by atoms with Crippen molar-refractivity contribution in [3.05, 3.63) is 76.9 Å². The number of H-pyrrole nitrogens is 1. The summed E-state index contributed by atoms with van der Waals surface area (Å²) in [5.41, 5.74) is 4.89. The molecule has 210 valence electrons. The highest BCUT2D eigenvalue weighted by molar-refractivity contribution is 7.91. The molecule has 5 rings (SSSR count). The van der Waals surface area contributed by atoms with Gasteiger partial charge in [0, 0.05) is 23.2 Å². The van der Waals surface area contributed by atoms with E-state index in [9.17, 15) is 13.2 Å². The molecule has 0 bridgehead atoms. The zero-order chi connectivity index (χ0) is 28.6. The molecule has 2 heterocycles. The van der Waals surface area contributed by atoms with Crippen molar-refractivity contribution in [2.45, 2.75) is 44.7 Å². The highest BCUT2D eigenvalue weighted by Gasteiger charge is 2.27. The summed E-state index contributed by atoms with van der Waals surface area (Å²) in [6, 6.07) is 14.7. The number of nitrogens with zero attached hydrogens (tertiary/aromatic N) is 2. The number of nitrogens with one attached hydrogen (secondary N) is 2. The zero-order valence-corrected chi connectivity index (χ0v) is 23.9. The van der Waals surface area contributed by atoms with Crippen LogP contribution in [0.2, 0.25) is 0 Å². The molecule has 4 aromatic rings. The molecule has 1 aliphatic heterocycles. The van der Waals surface area contributed by atoms with Crippen LogP contribution in [0.15, 0.2) is 53.4 Å². The summed E-state index contributed by atoms with van der Waals surface area (Å²) < 4.78 is 46.0. The maximum Gasteiger partial charge on any atom is 0.254 e. The number of carbonyl (C=O) groups is 1. The summed E-state index contributed by atoms with van der Waals surface area (Å²) >= 11 is 0. The van der Waals surface area contributed by atoms with E-state index >= 15 is 4.39 Å². The number of halogens is 1. The van der Waals surface area contributed by atoms with E-state index in [4.69, 9.17) is 4.74 Å². The van der Waals surface area contributed by atoms with Gasteiger partial charge in [-0.25, -0.2) is 17.8 Å². The molecule has 8 nitrogen and oxygen atoms in total. The molecule has 0 spiro atoms. The number of hydrogen-bond acceptors (Lipinski definition) is 6. The number of ether oxygens (including phenoxy) is 1. The van der Waals surface area contributed by atoms with Crippen LogP contribution < -0.4 is 10.1 Å². The number of carbonyl (C=O) groups excluding carboxylic acids is 1. The SMILES string of the molecule is CCc1c(C(=O)N2CCOc3ccc(-c4ccc5nc([C@H](C)NC)[nH]c5c4)cc3C2)ccc(S(=O)(=O)CC)c1F. The van der Waals surface area contributed by atoms with Gasteiger partial charge in [0.25, 0.3) is 5.91 Å². The van der Waals surface area contributed by atoms with Gasteiger partial charge in [-0.05, 0) is 67.9 Å². The van der Waals surface area contributed by atoms with Crippen LogP contribution in [0.4, 0.5) is 4.39 Å². The van der Waals surface area contributed by atoms with Crippen molar-refractivity contribution in [3.8, 4) is 16.9 Å². The van der Waals surface area contributed by atoms with Crippen LogP contribution in [0, 0.1) is 5.82 Å². The fraction of sp³-hybridized carbons (Fsp3) is 0.333. The molecular formula is C30H33FN4O4S. The Morgan fingerprint density at radius 2 is 1.90 bits per heavy atom. The number of amides is 1. The summed E-state index contributed by atoms with van der Waals surface area (Å²) in [6.07, 6.45) is 0.190. The van der Waals surface area contributed by atoms with Crippen molar-refractivity contribution >= 4 is 26.8 Å². The molecule has 0 unspecified atom stereocenters. The number of aromatic amines is 1. The fourth-order valence-corrected chi connectivity index (χ4v) is 5.99. The van der Waals surface area contributed by atoms with Crippen molar-refractivity contribution in [1.29, 1.82) is 0 Å². The maximum atomic E-state index is 15.3. The van der Waals surface area contributed by atoms with Crippen LogP contribution >= 0.6 is 0 Å². The molecule has 1 atom stereocenters. The second kappa shape index (κ2) is 11.0. The average Bonchev–Trinajstić information content (AvgIpc) is 3.27. The third kappa shape index (κ3) is 5.09. The van der Waals surface area contributed by atoms with E-state index in [1.807, 2.05) is 44.3 Å². The quantitative estimate of drug-likeness (QED) is 0.326. The van der Waals surface area contributed by atoms with Gasteiger partial charge in [-0.2, -0.15) is 0 Å². The topological polar surface area (TPSA) is 104 Å². The monoisotopic (exact) mass is 564 g/mol. The smallest absolute Gasteiger partial charge is 0.254 e. The number of hydrogen-bond donors (Lipinski definition) is 2. The van der Waals surface area contributed by atoms with Crippen LogP contribution in [-0.2, 0) is 22.8 Å². The van der Waals surface area contributed by atoms with E-state index in [0.717, 1.165) is 33.5 Å². The molecule has 10 heteroatoms. The van der Waals surface area contributed by atoms with Gasteiger partial charge in [-0.3, -0.25) is 4.79 Å². The summed E-state index contributed by atoms with van der Waals surface area (Å²) in [6.45, 7) is 6.10. The normalized spacial score (nSPS) is 14.5. The van der Waals surface area contributed by atoms with E-state index in [-0.39, 0.29) is 53.3 Å². The summed E-state index contributed by atoms with van der Waals surface area (Å²) in [5, 5.41) is 3.19. The van der Waals surface area contributed by atoms with Crippen molar-refractivity contribution in [1.82, 2.24) is 20.2 Å². The lowest BCUT2D eigenvalue weighted by Crippen LogP contribution is -2.33. The van der Waals surface area contributed by atoms with Crippen molar-refractivity contribution in [3.63, 3.8) is 0 Å². The van der Waals surface area contributed by atoms with Gasteiger partial charge >= 0.3 is 0 Å². The molecule has 0 aliphatic carbocycles. The highest BCUT2D eigenvalue weighted by Crippen LogP contribution is 2.32. The second-order valence-electron chi connectivity index (χ2n) is 9.92. The largest absolute Gasteiger partial charge is 0.491 e. The van der Waals surface area contributed by atoms with Gasteiger partial charge in [-0.1, -0.05) is 26.0 Å². The van der Waals surface area contributed by atoms with Crippen LogP contribution in [0.25, 0.3) is 22.2 Å². The van der Waals surface area contributed by atoms with Gasteiger partial charge in [0.2, 0.25) is 0 Å². The first-order chi connectivity index (χ1) is 19.2. The van der Waals surface area contributed by atoms with Crippen LogP contribution in [0.1, 0.15) is 54.1 Å². The zero-order valence-electron chi connectivity index (χ0n) is 23.0. The number of sulfone groups is 1. The third-order valence-electron chi connectivity index (χ3n) is 7.51. The first kappa shape index (κ1) is 27.8. The number of aromatic nitrogens is 2. The maximum absolute atomic E-state index is 15.3. The van der Waals surface area contributed by atoms with E-state index in [2.05, 4.69) is 21.4 Å². The first-order valence-corrected chi connectivity index (χ1v) is 15.1. The predicted octanol–water partition coefficient (Wildman–Crippen LogP) is 5.04. The van der Waals surface area contributed by atoms with Crippen molar-refractivity contribution < 1.29 is 22.3 Å². The highest BCUT2D eigenvalue weighted by atomic mass is 32.2. The van der Waals surface area contributed by atoms with E-state index in [0.29, 0.717) is 12.3 Å². The van der Waals surface area contributed by atoms with Gasteiger partial charge in [0.15, 0.2) is 9.84 Å². The predicted molar refractivity (Wildman–Crippen MR) is 153 cm³/mol. The molecule has 0 saturated heterocycles. The Balaban J connectivity index is 1.46. The van der Waals surface area contributed by atoms with E-state index in [1.165, 1.54) is 19.1 Å². The first-order valence-electron chi connectivity index (χ1n) is 13.4. The molecule has 2 N–H and O–H groups in total. The Morgan fingerprint density at radius 1 is 1.15 bits per heavy atom. The van der Waals surface area contributed by atoms with Gasteiger partial charge < -0.3 is 19.9 Å². The molecule has 0 fully saturated rings. The van der Waals surface area contributed by atoms with Crippen LogP contribution in [-0.4, -0.2) is 55.1 Å². The minimum absolute atomic E-state index is 0.0953. The van der Waals surface area contributed by atoms with E-state index in [1.54, 1.807) is 11.8 Å². The van der Waals surface area contributed by atoms with Crippen molar-refractivity contribution in [2.75, 3.05) is 26.0 Å². The Morgan fingerprint density at radius 3 is 2.62 bits per heavy atom. The summed E-state index contributed by atoms with van der Waals surface area (Å²) in [7, 11) is -1.86. The molecule has 1 aliphatic rings. The standard InChI is InChI=1S/C30H33FN4O4S/c1-5-22-23(9-12-27(28(22)31)40(37,38)6-2)30(36)35-13-14-39-26-11-8-19(15-21(26)17-35)20-7-10-24-25(16-20)34-29(33-24)18(3)32-4/h7-12,15-16,18,32H,5-6,13-14,17H2,1-4H3,(H,33,34)/t18-/m0/s1. The number of imidazole rings is 1. The van der Waals surface area contributed by atoms with Crippen LogP contribution in [0.3, 0.4) is 0 Å². The molecule has 1 aromatic heterocycles. The molecule has 3 aromatic carbocycles. The number of benzene rings is 3. The minimum Gasteiger partial charge on any atom is -0.491 e.